The maximum absolute atomic E-state index is 13.7. The summed E-state index contributed by atoms with van der Waals surface area (Å²) in [6, 6.07) is 23.5. The van der Waals surface area contributed by atoms with E-state index in [9.17, 15) is 4.79 Å². The molecule has 0 spiro atoms. The van der Waals surface area contributed by atoms with E-state index >= 15 is 0 Å². The molecule has 0 N–H and O–H groups in total. The van der Waals surface area contributed by atoms with E-state index in [4.69, 9.17) is 21.3 Å². The molecule has 0 bridgehead atoms. The number of methoxy groups -OCH3 is 1. The van der Waals surface area contributed by atoms with Gasteiger partial charge in [-0.15, -0.1) is 0 Å². The molecule has 3 aromatic carbocycles. The summed E-state index contributed by atoms with van der Waals surface area (Å²) in [6.45, 7) is 5.44. The van der Waals surface area contributed by atoms with E-state index in [0.717, 1.165) is 44.7 Å². The zero-order valence-electron chi connectivity index (χ0n) is 20.8. The summed E-state index contributed by atoms with van der Waals surface area (Å²) in [5, 5.41) is 2.38. The highest BCUT2D eigenvalue weighted by Gasteiger charge is 2.35. The zero-order chi connectivity index (χ0) is 25.9. The van der Waals surface area contributed by atoms with Gasteiger partial charge in [0.05, 0.1) is 28.4 Å². The van der Waals surface area contributed by atoms with E-state index in [1.165, 1.54) is 11.8 Å². The first kappa shape index (κ1) is 25.5. The van der Waals surface area contributed by atoms with Crippen molar-refractivity contribution in [3.63, 3.8) is 0 Å². The Labute approximate surface area is 230 Å². The van der Waals surface area contributed by atoms with E-state index < -0.39 is 0 Å². The lowest BCUT2D eigenvalue weighted by molar-refractivity contribution is -0.122. The number of hydrogen-bond acceptors (Lipinski definition) is 6. The average molecular weight is 548 g/mol. The van der Waals surface area contributed by atoms with Gasteiger partial charge < -0.3 is 9.64 Å². The number of amidine groups is 1. The number of thioether (sulfide) groups is 2. The highest BCUT2D eigenvalue weighted by molar-refractivity contribution is 8.18. The fourth-order valence-corrected chi connectivity index (χ4v) is 6.69. The number of halogens is 1. The summed E-state index contributed by atoms with van der Waals surface area (Å²) in [5.41, 5.74) is 3.77. The first-order valence-corrected chi connectivity index (χ1v) is 14.0. The normalized spacial score (nSPS) is 18.6. The second kappa shape index (κ2) is 11.1. The molecule has 1 saturated heterocycles. The third-order valence-corrected chi connectivity index (χ3v) is 8.52. The van der Waals surface area contributed by atoms with Gasteiger partial charge in [0, 0.05) is 28.6 Å². The Hall–Kier alpha value is -3.13. The monoisotopic (exact) mass is 547 g/mol. The number of likely N-dealkylation sites (N-methyl/N-ethyl adjacent to an activating group) is 1. The summed E-state index contributed by atoms with van der Waals surface area (Å²) in [5.74, 6) is 0.787. The smallest absolute Gasteiger partial charge is 0.267 e. The van der Waals surface area contributed by atoms with Gasteiger partial charge in [0.1, 0.15) is 5.75 Å². The molecule has 2 aliphatic rings. The van der Waals surface area contributed by atoms with Crippen molar-refractivity contribution in [1.29, 1.82) is 0 Å². The topological polar surface area (TPSA) is 45.1 Å². The number of ether oxygens (including phenoxy) is 1. The van der Waals surface area contributed by atoms with Crippen molar-refractivity contribution < 1.29 is 9.53 Å². The van der Waals surface area contributed by atoms with E-state index in [-0.39, 0.29) is 5.91 Å². The van der Waals surface area contributed by atoms with Crippen LogP contribution < -0.4 is 9.64 Å². The van der Waals surface area contributed by atoms with Crippen molar-refractivity contribution in [3.8, 4) is 5.75 Å². The third kappa shape index (κ3) is 5.17. The van der Waals surface area contributed by atoms with Crippen LogP contribution >= 0.6 is 35.1 Å². The minimum absolute atomic E-state index is 0.0406. The summed E-state index contributed by atoms with van der Waals surface area (Å²) in [7, 11) is 1.68. The number of hydrogen-bond donors (Lipinski definition) is 0. The lowest BCUT2D eigenvalue weighted by Crippen LogP contribution is -2.28. The molecule has 5 rings (SSSR count). The molecule has 3 aromatic rings. The van der Waals surface area contributed by atoms with E-state index in [2.05, 4.69) is 30.0 Å². The van der Waals surface area contributed by atoms with Crippen molar-refractivity contribution in [2.75, 3.05) is 25.1 Å². The molecular weight excluding hydrogens is 522 g/mol. The van der Waals surface area contributed by atoms with Crippen LogP contribution in [0, 0.1) is 0 Å². The number of anilines is 1. The van der Waals surface area contributed by atoms with Crippen molar-refractivity contribution in [3.05, 3.63) is 99.4 Å². The molecule has 0 aliphatic carbocycles. The number of carbonyl (C=O) groups excluding carboxylic acids is 1. The van der Waals surface area contributed by atoms with Gasteiger partial charge in [-0.25, -0.2) is 4.99 Å². The average Bonchev–Trinajstić information content (AvgIpc) is 3.43. The maximum Gasteiger partial charge on any atom is 0.267 e. The van der Waals surface area contributed by atoms with Gasteiger partial charge in [-0.05, 0) is 79.7 Å². The molecule has 1 fully saturated rings. The Bertz CT molecular complexity index is 1420. The van der Waals surface area contributed by atoms with Gasteiger partial charge in [-0.1, -0.05) is 53.7 Å². The Morgan fingerprint density at radius 1 is 0.973 bits per heavy atom. The summed E-state index contributed by atoms with van der Waals surface area (Å²) in [4.78, 5) is 24.3. The van der Waals surface area contributed by atoms with Crippen molar-refractivity contribution >= 4 is 63.1 Å². The summed E-state index contributed by atoms with van der Waals surface area (Å²) in [6.07, 6.45) is 2.13. The fraction of sp³-hybridized carbons (Fsp3) is 0.172. The number of nitrogens with zero attached hydrogens (tertiary/aromatic N) is 3. The number of aliphatic imine (C=N–C) groups is 1. The molecule has 188 valence electrons. The second-order valence-corrected chi connectivity index (χ2v) is 10.8. The van der Waals surface area contributed by atoms with Crippen molar-refractivity contribution in [2.45, 2.75) is 18.7 Å². The first-order valence-electron chi connectivity index (χ1n) is 12.0. The third-order valence-electron chi connectivity index (χ3n) is 6.08. The van der Waals surface area contributed by atoms with E-state index in [0.29, 0.717) is 21.6 Å². The molecule has 2 heterocycles. The van der Waals surface area contributed by atoms with Crippen LogP contribution in [0.4, 0.5) is 11.4 Å². The van der Waals surface area contributed by atoms with Crippen LogP contribution in [0.1, 0.15) is 19.4 Å². The Balaban J connectivity index is 1.61. The predicted molar refractivity (Wildman–Crippen MR) is 157 cm³/mol. The summed E-state index contributed by atoms with van der Waals surface area (Å²) < 4.78 is 5.45. The Morgan fingerprint density at radius 2 is 1.70 bits per heavy atom. The van der Waals surface area contributed by atoms with Crippen LogP contribution in [0.25, 0.3) is 5.57 Å². The highest BCUT2D eigenvalue weighted by atomic mass is 35.5. The van der Waals surface area contributed by atoms with Crippen LogP contribution in [0.15, 0.2) is 98.7 Å². The van der Waals surface area contributed by atoms with Gasteiger partial charge in [-0.3, -0.25) is 9.69 Å². The van der Waals surface area contributed by atoms with Crippen LogP contribution in [0.2, 0.25) is 5.02 Å². The van der Waals surface area contributed by atoms with Crippen LogP contribution in [-0.2, 0) is 4.79 Å². The molecular formula is C29H26ClN3O2S2. The van der Waals surface area contributed by atoms with Gasteiger partial charge >= 0.3 is 0 Å². The lowest BCUT2D eigenvalue weighted by atomic mass is 10.0. The van der Waals surface area contributed by atoms with Gasteiger partial charge in [0.15, 0.2) is 5.17 Å². The van der Waals surface area contributed by atoms with E-state index in [1.807, 2.05) is 55.5 Å². The predicted octanol–water partition coefficient (Wildman–Crippen LogP) is 7.82. The minimum atomic E-state index is -0.0406. The molecule has 8 heteroatoms. The molecule has 5 nitrogen and oxygen atoms in total. The van der Waals surface area contributed by atoms with Crippen LogP contribution in [0.5, 0.6) is 5.75 Å². The second-order valence-electron chi connectivity index (χ2n) is 8.29. The number of amides is 1. The SMILES string of the molecule is CCN1C(=O)C(=C(C=C2Sc3cc(OC)ccc3N2CC)c2ccccc2)SC1=Nc1ccc(Cl)cc1. The number of carbonyl (C=O) groups is 1. The van der Waals surface area contributed by atoms with Crippen molar-refractivity contribution in [2.24, 2.45) is 4.99 Å². The standard InChI is InChI=1S/C29H26ClN3O2S2/c1-4-32-24-16-15-22(35-3)17-25(24)36-26(32)18-23(19-9-7-6-8-10-19)27-28(34)33(5-2)29(37-27)31-21-13-11-20(30)12-14-21/h6-18H,4-5H2,1-3H3. The zero-order valence-corrected chi connectivity index (χ0v) is 23.2. The lowest BCUT2D eigenvalue weighted by Gasteiger charge is -2.19. The minimum Gasteiger partial charge on any atom is -0.497 e. The highest BCUT2D eigenvalue weighted by Crippen LogP contribution is 2.49. The largest absolute Gasteiger partial charge is 0.497 e. The fourth-order valence-electron chi connectivity index (χ4n) is 4.23. The summed E-state index contributed by atoms with van der Waals surface area (Å²) >= 11 is 9.16. The molecule has 37 heavy (non-hydrogen) atoms. The molecule has 0 atom stereocenters. The number of allylic oxidation sites excluding steroid dienone is 2. The molecule has 0 aromatic heterocycles. The number of rotatable bonds is 6. The Kier molecular flexibility index (Phi) is 7.65. The maximum atomic E-state index is 13.7. The molecule has 2 aliphatic heterocycles. The van der Waals surface area contributed by atoms with Gasteiger partial charge in [0.2, 0.25) is 0 Å². The molecule has 0 saturated carbocycles. The quantitative estimate of drug-likeness (QED) is 0.294. The van der Waals surface area contributed by atoms with Gasteiger partial charge in [0.25, 0.3) is 5.91 Å². The number of benzene rings is 3. The van der Waals surface area contributed by atoms with Crippen molar-refractivity contribution in [1.82, 2.24) is 4.90 Å². The number of fused-ring (bicyclic) bond motifs is 1. The van der Waals surface area contributed by atoms with E-state index in [1.54, 1.807) is 35.9 Å². The van der Waals surface area contributed by atoms with Gasteiger partial charge in [-0.2, -0.15) is 0 Å². The van der Waals surface area contributed by atoms with Crippen LogP contribution in [0.3, 0.4) is 0 Å². The first-order chi connectivity index (χ1) is 18.0. The molecule has 0 radical (unpaired) electrons. The molecule has 1 amide bonds. The van der Waals surface area contributed by atoms with Crippen LogP contribution in [-0.4, -0.2) is 36.2 Å². The Morgan fingerprint density at radius 3 is 2.38 bits per heavy atom. The molecule has 0 unspecified atom stereocenters.